The first-order valence-corrected chi connectivity index (χ1v) is 6.27. The second kappa shape index (κ2) is 4.71. The second-order valence-corrected chi connectivity index (χ2v) is 5.34. The summed E-state index contributed by atoms with van der Waals surface area (Å²) >= 11 is 12.1. The molecule has 0 amide bonds. The van der Waals surface area contributed by atoms with Crippen molar-refractivity contribution in [2.75, 3.05) is 5.73 Å². The number of pyridine rings is 1. The first kappa shape index (κ1) is 12.5. The lowest BCUT2D eigenvalue weighted by molar-refractivity contribution is 0.637. The van der Waals surface area contributed by atoms with Gasteiger partial charge in [0.25, 0.3) is 0 Å². The predicted molar refractivity (Wildman–Crippen MR) is 74.7 cm³/mol. The van der Waals surface area contributed by atoms with Gasteiger partial charge in [-0.05, 0) is 30.5 Å². The number of hydrogen-bond acceptors (Lipinski definition) is 2. The van der Waals surface area contributed by atoms with Crippen molar-refractivity contribution in [1.82, 2.24) is 4.98 Å². The molecule has 1 aromatic carbocycles. The molecular formula is C13H14Cl2N2. The Morgan fingerprint density at radius 2 is 2.00 bits per heavy atom. The Balaban J connectivity index is 2.66. The normalized spacial score (nSPS) is 11.4. The summed E-state index contributed by atoms with van der Waals surface area (Å²) in [4.78, 5) is 4.54. The molecule has 0 aliphatic rings. The van der Waals surface area contributed by atoms with Crippen LogP contribution >= 0.6 is 23.2 Å². The van der Waals surface area contributed by atoms with Crippen molar-refractivity contribution in [2.24, 2.45) is 5.92 Å². The number of rotatable bonds is 2. The molecule has 1 heterocycles. The Morgan fingerprint density at radius 1 is 1.29 bits per heavy atom. The van der Waals surface area contributed by atoms with Gasteiger partial charge in [0.15, 0.2) is 0 Å². The summed E-state index contributed by atoms with van der Waals surface area (Å²) in [5.74, 6) is 0.525. The van der Waals surface area contributed by atoms with E-state index in [0.29, 0.717) is 27.2 Å². The third kappa shape index (κ3) is 2.48. The third-order valence-electron chi connectivity index (χ3n) is 2.57. The molecule has 17 heavy (non-hydrogen) atoms. The average Bonchev–Trinajstić information content (AvgIpc) is 2.23. The number of fused-ring (bicyclic) bond motifs is 1. The van der Waals surface area contributed by atoms with E-state index in [1.807, 2.05) is 12.1 Å². The van der Waals surface area contributed by atoms with Gasteiger partial charge in [0, 0.05) is 16.8 Å². The Hall–Kier alpha value is -0.990. The molecule has 1 aromatic heterocycles. The number of halogens is 2. The van der Waals surface area contributed by atoms with Gasteiger partial charge in [-0.15, -0.1) is 0 Å². The van der Waals surface area contributed by atoms with Crippen LogP contribution in [0.3, 0.4) is 0 Å². The van der Waals surface area contributed by atoms with E-state index in [-0.39, 0.29) is 0 Å². The maximum absolute atomic E-state index is 6.16. The maximum atomic E-state index is 6.16. The van der Waals surface area contributed by atoms with E-state index < -0.39 is 0 Å². The Kier molecular flexibility index (Phi) is 3.45. The van der Waals surface area contributed by atoms with Crippen LogP contribution in [0.25, 0.3) is 10.9 Å². The predicted octanol–water partition coefficient (Wildman–Crippen LogP) is 4.32. The summed E-state index contributed by atoms with van der Waals surface area (Å²) < 4.78 is 0. The summed E-state index contributed by atoms with van der Waals surface area (Å²) in [6.07, 6.45) is 0.878. The van der Waals surface area contributed by atoms with Crippen molar-refractivity contribution in [2.45, 2.75) is 20.3 Å². The highest BCUT2D eigenvalue weighted by molar-refractivity contribution is 6.45. The van der Waals surface area contributed by atoms with Crippen LogP contribution in [0.15, 0.2) is 18.2 Å². The lowest BCUT2D eigenvalue weighted by Gasteiger charge is -2.09. The van der Waals surface area contributed by atoms with Crippen LogP contribution in [-0.2, 0) is 6.42 Å². The first-order chi connectivity index (χ1) is 7.99. The fourth-order valence-electron chi connectivity index (χ4n) is 1.84. The van der Waals surface area contributed by atoms with Crippen LogP contribution in [0.2, 0.25) is 10.0 Å². The van der Waals surface area contributed by atoms with Gasteiger partial charge < -0.3 is 5.73 Å². The molecule has 4 heteroatoms. The van der Waals surface area contributed by atoms with E-state index in [4.69, 9.17) is 28.9 Å². The highest BCUT2D eigenvalue weighted by Crippen LogP contribution is 2.32. The fourth-order valence-corrected chi connectivity index (χ4v) is 2.20. The molecule has 0 saturated carbocycles. The van der Waals surface area contributed by atoms with Gasteiger partial charge in [0.1, 0.15) is 0 Å². The maximum Gasteiger partial charge on any atom is 0.0927 e. The van der Waals surface area contributed by atoms with Crippen molar-refractivity contribution in [3.05, 3.63) is 33.9 Å². The van der Waals surface area contributed by atoms with Crippen molar-refractivity contribution < 1.29 is 0 Å². The van der Waals surface area contributed by atoms with E-state index in [0.717, 1.165) is 17.5 Å². The fraction of sp³-hybridized carbons (Fsp3) is 0.308. The zero-order valence-corrected chi connectivity index (χ0v) is 11.3. The standard InChI is InChI=1S/C13H14Cl2N2/c1-7(2)5-8-6-11(16)9-3-4-10(14)12(15)13(9)17-8/h3-4,6-7H,5H2,1-2H3,(H2,16,17). The summed E-state index contributed by atoms with van der Waals surface area (Å²) in [6, 6.07) is 5.50. The number of nitrogens with two attached hydrogens (primary N) is 1. The molecule has 0 radical (unpaired) electrons. The second-order valence-electron chi connectivity index (χ2n) is 4.56. The molecule has 90 valence electrons. The SMILES string of the molecule is CC(C)Cc1cc(N)c2ccc(Cl)c(Cl)c2n1. The average molecular weight is 269 g/mol. The molecule has 2 rings (SSSR count). The number of nitrogen functional groups attached to an aromatic ring is 1. The molecule has 2 nitrogen and oxygen atoms in total. The molecule has 0 aliphatic heterocycles. The van der Waals surface area contributed by atoms with Crippen LogP contribution in [0, 0.1) is 5.92 Å². The van der Waals surface area contributed by atoms with Crippen LogP contribution in [-0.4, -0.2) is 4.98 Å². The van der Waals surface area contributed by atoms with Crippen LogP contribution in [0.5, 0.6) is 0 Å². The quantitative estimate of drug-likeness (QED) is 0.881. The third-order valence-corrected chi connectivity index (χ3v) is 3.37. The molecule has 2 N–H and O–H groups in total. The molecule has 0 spiro atoms. The molecule has 0 aliphatic carbocycles. The summed E-state index contributed by atoms with van der Waals surface area (Å²) in [5.41, 5.74) is 8.35. The Morgan fingerprint density at radius 3 is 2.65 bits per heavy atom. The zero-order valence-electron chi connectivity index (χ0n) is 9.80. The highest BCUT2D eigenvalue weighted by atomic mass is 35.5. The summed E-state index contributed by atoms with van der Waals surface area (Å²) in [6.45, 7) is 4.28. The van der Waals surface area contributed by atoms with Gasteiger partial charge >= 0.3 is 0 Å². The van der Waals surface area contributed by atoms with Gasteiger partial charge in [-0.2, -0.15) is 0 Å². The molecule has 0 fully saturated rings. The first-order valence-electron chi connectivity index (χ1n) is 5.52. The van der Waals surface area contributed by atoms with Crippen molar-refractivity contribution in [3.63, 3.8) is 0 Å². The number of benzene rings is 1. The molecule has 0 saturated heterocycles. The summed E-state index contributed by atoms with van der Waals surface area (Å²) in [7, 11) is 0. The lowest BCUT2D eigenvalue weighted by Crippen LogP contribution is -2.00. The van der Waals surface area contributed by atoms with E-state index >= 15 is 0 Å². The van der Waals surface area contributed by atoms with Gasteiger partial charge in [0.05, 0.1) is 15.6 Å². The van der Waals surface area contributed by atoms with Gasteiger partial charge in [-0.1, -0.05) is 37.0 Å². The van der Waals surface area contributed by atoms with E-state index in [2.05, 4.69) is 18.8 Å². The lowest BCUT2D eigenvalue weighted by atomic mass is 10.1. The zero-order chi connectivity index (χ0) is 12.6. The molecule has 0 bridgehead atoms. The molecule has 0 unspecified atom stereocenters. The molecule has 2 aromatic rings. The van der Waals surface area contributed by atoms with E-state index in [1.165, 1.54) is 0 Å². The Bertz CT molecular complexity index is 565. The van der Waals surface area contributed by atoms with Crippen molar-refractivity contribution in [1.29, 1.82) is 0 Å². The van der Waals surface area contributed by atoms with Gasteiger partial charge in [0.2, 0.25) is 0 Å². The number of nitrogens with zero attached hydrogens (tertiary/aromatic N) is 1. The van der Waals surface area contributed by atoms with E-state index in [1.54, 1.807) is 6.07 Å². The smallest absolute Gasteiger partial charge is 0.0927 e. The summed E-state index contributed by atoms with van der Waals surface area (Å²) in [5, 5.41) is 1.83. The molecule has 0 atom stereocenters. The van der Waals surface area contributed by atoms with Crippen LogP contribution in [0.4, 0.5) is 5.69 Å². The highest BCUT2D eigenvalue weighted by Gasteiger charge is 2.10. The monoisotopic (exact) mass is 268 g/mol. The minimum Gasteiger partial charge on any atom is -0.398 e. The van der Waals surface area contributed by atoms with Gasteiger partial charge in [-0.3, -0.25) is 4.98 Å². The number of anilines is 1. The minimum atomic E-state index is 0.474. The van der Waals surface area contributed by atoms with Gasteiger partial charge in [-0.25, -0.2) is 0 Å². The minimum absolute atomic E-state index is 0.474. The molecular weight excluding hydrogens is 255 g/mol. The van der Waals surface area contributed by atoms with E-state index in [9.17, 15) is 0 Å². The number of hydrogen-bond donors (Lipinski definition) is 1. The van der Waals surface area contributed by atoms with Crippen molar-refractivity contribution >= 4 is 39.8 Å². The topological polar surface area (TPSA) is 38.9 Å². The largest absolute Gasteiger partial charge is 0.398 e. The number of aromatic nitrogens is 1. The van der Waals surface area contributed by atoms with Crippen LogP contribution in [0.1, 0.15) is 19.5 Å². The Labute approximate surface area is 111 Å². The van der Waals surface area contributed by atoms with Crippen molar-refractivity contribution in [3.8, 4) is 0 Å². The van der Waals surface area contributed by atoms with Crippen LogP contribution < -0.4 is 5.73 Å².